The number of carbonyl (C=O) groups excluding carboxylic acids is 1. The van der Waals surface area contributed by atoms with E-state index in [-0.39, 0.29) is 17.0 Å². The van der Waals surface area contributed by atoms with Gasteiger partial charge in [-0.3, -0.25) is 9.59 Å². The number of nitrogens with one attached hydrogen (secondary N) is 1. The Balaban J connectivity index is 1.89. The Bertz CT molecular complexity index is 1110. The molecule has 8 heteroatoms. The fraction of sp³-hybridized carbons (Fsp3) is 0.348. The Morgan fingerprint density at radius 1 is 1.13 bits per heavy atom. The largest absolute Gasteiger partial charge is 0.435 e. The lowest BCUT2D eigenvalue weighted by Gasteiger charge is -2.17. The normalized spacial score (nSPS) is 12.2. The van der Waals surface area contributed by atoms with Crippen molar-refractivity contribution in [2.24, 2.45) is 0 Å². The first-order chi connectivity index (χ1) is 14.9. The van der Waals surface area contributed by atoms with Crippen molar-refractivity contribution in [1.82, 2.24) is 15.1 Å². The third-order valence-corrected chi connectivity index (χ3v) is 4.99. The van der Waals surface area contributed by atoms with E-state index in [4.69, 9.17) is 0 Å². The van der Waals surface area contributed by atoms with Crippen LogP contribution in [0.25, 0.3) is 10.8 Å². The second-order valence-electron chi connectivity index (χ2n) is 7.28. The minimum atomic E-state index is -2.93. The number of fused-ring (bicyclic) bond motifs is 1. The predicted octanol–water partition coefficient (Wildman–Crippen LogP) is 4.68. The zero-order chi connectivity index (χ0) is 22.4. The summed E-state index contributed by atoms with van der Waals surface area (Å²) in [4.78, 5) is 25.8. The van der Waals surface area contributed by atoms with Gasteiger partial charge in [0.2, 0.25) is 0 Å². The Morgan fingerprint density at radius 2 is 1.87 bits per heavy atom. The van der Waals surface area contributed by atoms with Crippen LogP contribution in [0.15, 0.2) is 53.3 Å². The van der Waals surface area contributed by atoms with Crippen LogP contribution in [-0.4, -0.2) is 22.3 Å². The van der Waals surface area contributed by atoms with Gasteiger partial charge in [-0.15, -0.1) is 0 Å². The van der Waals surface area contributed by atoms with Gasteiger partial charge in [-0.1, -0.05) is 50.1 Å². The van der Waals surface area contributed by atoms with E-state index in [1.807, 2.05) is 0 Å². The van der Waals surface area contributed by atoms with Crippen molar-refractivity contribution in [3.8, 4) is 5.75 Å². The zero-order valence-electron chi connectivity index (χ0n) is 17.5. The van der Waals surface area contributed by atoms with Crippen LogP contribution in [0.2, 0.25) is 0 Å². The number of hydrogen-bond acceptors (Lipinski definition) is 4. The number of rotatable bonds is 9. The van der Waals surface area contributed by atoms with Gasteiger partial charge in [0.05, 0.1) is 11.4 Å². The third-order valence-electron chi connectivity index (χ3n) is 4.99. The molecule has 0 radical (unpaired) electrons. The first-order valence-corrected chi connectivity index (χ1v) is 10.3. The molecule has 0 saturated carbocycles. The maximum absolute atomic E-state index is 13.1. The van der Waals surface area contributed by atoms with Crippen LogP contribution in [0, 0.1) is 0 Å². The molecular formula is C23H25F2N3O3. The fourth-order valence-electron chi connectivity index (χ4n) is 3.37. The van der Waals surface area contributed by atoms with Crippen LogP contribution in [0.4, 0.5) is 8.78 Å². The molecule has 1 heterocycles. The van der Waals surface area contributed by atoms with Crippen LogP contribution in [0.1, 0.15) is 55.2 Å². The third kappa shape index (κ3) is 5.45. The first kappa shape index (κ1) is 22.4. The molecule has 1 N–H and O–H groups in total. The quantitative estimate of drug-likeness (QED) is 0.502. The number of carbonyl (C=O) groups is 1. The molecule has 0 aliphatic heterocycles. The molecule has 0 aliphatic rings. The highest BCUT2D eigenvalue weighted by molar-refractivity contribution is 6.04. The summed E-state index contributed by atoms with van der Waals surface area (Å²) in [6.45, 7) is 1.31. The first-order valence-electron chi connectivity index (χ1n) is 10.3. The van der Waals surface area contributed by atoms with Crippen molar-refractivity contribution >= 4 is 16.7 Å². The number of unbranched alkanes of at least 4 members (excludes halogenated alkanes) is 2. The molecule has 31 heavy (non-hydrogen) atoms. The molecule has 0 aliphatic carbocycles. The lowest BCUT2D eigenvalue weighted by Crippen LogP contribution is -2.32. The number of alkyl halides is 2. The van der Waals surface area contributed by atoms with Gasteiger partial charge in [0.1, 0.15) is 5.75 Å². The summed E-state index contributed by atoms with van der Waals surface area (Å²) in [5.41, 5.74) is 0.527. The average Bonchev–Trinajstić information content (AvgIpc) is 2.75. The Labute approximate surface area is 178 Å². The van der Waals surface area contributed by atoms with Crippen LogP contribution in [0.3, 0.4) is 0 Å². The lowest BCUT2D eigenvalue weighted by atomic mass is 10.1. The number of ether oxygens (including phenoxy) is 1. The molecular weight excluding hydrogens is 404 g/mol. The number of aryl methyl sites for hydroxylation is 1. The van der Waals surface area contributed by atoms with Crippen LogP contribution in [0.5, 0.6) is 5.75 Å². The summed E-state index contributed by atoms with van der Waals surface area (Å²) < 4.78 is 30.7. The highest BCUT2D eigenvalue weighted by Gasteiger charge is 2.19. The fourth-order valence-corrected chi connectivity index (χ4v) is 3.37. The Kier molecular flexibility index (Phi) is 7.33. The van der Waals surface area contributed by atoms with Gasteiger partial charge in [-0.05, 0) is 37.1 Å². The molecule has 0 fully saturated rings. The van der Waals surface area contributed by atoms with E-state index in [0.29, 0.717) is 22.9 Å². The number of nitrogens with zero attached hydrogens (tertiary/aromatic N) is 2. The molecule has 1 atom stereocenters. The summed E-state index contributed by atoms with van der Waals surface area (Å²) in [5, 5.41) is 8.08. The molecule has 164 valence electrons. The van der Waals surface area contributed by atoms with Crippen LogP contribution in [-0.2, 0) is 6.54 Å². The molecule has 1 amide bonds. The molecule has 3 rings (SSSR count). The number of halogens is 2. The summed E-state index contributed by atoms with van der Waals surface area (Å²) in [5.74, 6) is -0.435. The topological polar surface area (TPSA) is 73.2 Å². The Morgan fingerprint density at radius 3 is 2.58 bits per heavy atom. The molecule has 2 aromatic carbocycles. The van der Waals surface area contributed by atoms with E-state index in [9.17, 15) is 18.4 Å². The second-order valence-corrected chi connectivity index (χ2v) is 7.28. The van der Waals surface area contributed by atoms with Crippen molar-refractivity contribution < 1.29 is 18.3 Å². The number of aromatic nitrogens is 2. The smallest absolute Gasteiger partial charge is 0.387 e. The van der Waals surface area contributed by atoms with Crippen LogP contribution < -0.4 is 15.6 Å². The molecule has 0 spiro atoms. The monoisotopic (exact) mass is 429 g/mol. The van der Waals surface area contributed by atoms with Gasteiger partial charge >= 0.3 is 6.61 Å². The van der Waals surface area contributed by atoms with Gasteiger partial charge in [-0.25, -0.2) is 4.68 Å². The SMILES string of the molecule is CCCCCn1nc(C(=O)NC(C)c2cccc(OC(F)F)c2)c2ccccc2c1=O. The highest BCUT2D eigenvalue weighted by Crippen LogP contribution is 2.21. The molecule has 0 bridgehead atoms. The van der Waals surface area contributed by atoms with Crippen molar-refractivity contribution in [3.63, 3.8) is 0 Å². The number of hydrogen-bond donors (Lipinski definition) is 1. The van der Waals surface area contributed by atoms with Gasteiger partial charge in [0.25, 0.3) is 11.5 Å². The standard InChI is InChI=1S/C23H25F2N3O3/c1-3-4-7-13-28-22(30)19-12-6-5-11-18(19)20(27-28)21(29)26-15(2)16-9-8-10-17(14-16)31-23(24)25/h5-6,8-12,14-15,23H,3-4,7,13H2,1-2H3,(H,26,29). The molecule has 3 aromatic rings. The maximum atomic E-state index is 13.1. The summed E-state index contributed by atoms with van der Waals surface area (Å²) >= 11 is 0. The van der Waals surface area contributed by atoms with Gasteiger partial charge < -0.3 is 10.1 Å². The van der Waals surface area contributed by atoms with Crippen molar-refractivity contribution in [3.05, 3.63) is 70.1 Å². The second kappa shape index (κ2) is 10.1. The summed E-state index contributed by atoms with van der Waals surface area (Å²) in [6, 6.07) is 12.5. The predicted molar refractivity (Wildman–Crippen MR) is 114 cm³/mol. The van der Waals surface area contributed by atoms with Gasteiger partial charge in [-0.2, -0.15) is 13.9 Å². The van der Waals surface area contributed by atoms with E-state index in [2.05, 4.69) is 22.1 Å². The summed E-state index contributed by atoms with van der Waals surface area (Å²) in [7, 11) is 0. The van der Waals surface area contributed by atoms with Crippen LogP contribution >= 0.6 is 0 Å². The van der Waals surface area contributed by atoms with Crippen molar-refractivity contribution in [1.29, 1.82) is 0 Å². The van der Waals surface area contributed by atoms with E-state index in [0.717, 1.165) is 19.3 Å². The zero-order valence-corrected chi connectivity index (χ0v) is 17.5. The molecule has 0 saturated heterocycles. The number of benzene rings is 2. The van der Waals surface area contributed by atoms with E-state index < -0.39 is 18.6 Å². The highest BCUT2D eigenvalue weighted by atomic mass is 19.3. The minimum absolute atomic E-state index is 0.0154. The average molecular weight is 429 g/mol. The molecule has 1 unspecified atom stereocenters. The molecule has 6 nitrogen and oxygen atoms in total. The number of amides is 1. The van der Waals surface area contributed by atoms with E-state index in [1.54, 1.807) is 43.3 Å². The van der Waals surface area contributed by atoms with Gasteiger partial charge in [0, 0.05) is 11.9 Å². The maximum Gasteiger partial charge on any atom is 0.387 e. The minimum Gasteiger partial charge on any atom is -0.435 e. The summed E-state index contributed by atoms with van der Waals surface area (Å²) in [6.07, 6.45) is 2.74. The van der Waals surface area contributed by atoms with Crippen molar-refractivity contribution in [2.45, 2.75) is 52.3 Å². The molecule has 1 aromatic heterocycles. The van der Waals surface area contributed by atoms with Crippen molar-refractivity contribution in [2.75, 3.05) is 0 Å². The van der Waals surface area contributed by atoms with E-state index >= 15 is 0 Å². The van der Waals surface area contributed by atoms with Gasteiger partial charge in [0.15, 0.2) is 5.69 Å². The van der Waals surface area contributed by atoms with E-state index in [1.165, 1.54) is 16.8 Å². The lowest BCUT2D eigenvalue weighted by molar-refractivity contribution is -0.0499. The Hall–Kier alpha value is -3.29.